The Bertz CT molecular complexity index is 523. The van der Waals surface area contributed by atoms with Crippen molar-refractivity contribution in [2.45, 2.75) is 31.5 Å². The molecular formula is C16H24ClFN2O4. The summed E-state index contributed by atoms with van der Waals surface area (Å²) in [6.07, 6.45) is 1.71. The van der Waals surface area contributed by atoms with E-state index in [1.807, 2.05) is 0 Å². The van der Waals surface area contributed by atoms with Gasteiger partial charge >= 0.3 is 0 Å². The van der Waals surface area contributed by atoms with Gasteiger partial charge in [0.15, 0.2) is 0 Å². The Labute approximate surface area is 147 Å². The van der Waals surface area contributed by atoms with Gasteiger partial charge in [-0.1, -0.05) is 0 Å². The number of halogens is 2. The molecule has 2 atom stereocenters. The summed E-state index contributed by atoms with van der Waals surface area (Å²) < 4.78 is 29.7. The molecule has 1 aliphatic rings. The first-order valence-corrected chi connectivity index (χ1v) is 7.69. The van der Waals surface area contributed by atoms with Crippen LogP contribution in [0.15, 0.2) is 18.2 Å². The molecule has 0 bridgehead atoms. The first-order valence-electron chi connectivity index (χ1n) is 7.69. The summed E-state index contributed by atoms with van der Waals surface area (Å²) in [7, 11) is 1.49. The normalized spacial score (nSPS) is 17.9. The van der Waals surface area contributed by atoms with Crippen LogP contribution in [0.3, 0.4) is 0 Å². The summed E-state index contributed by atoms with van der Waals surface area (Å²) >= 11 is 0. The van der Waals surface area contributed by atoms with E-state index in [0.717, 1.165) is 19.4 Å². The quantitative estimate of drug-likeness (QED) is 0.740. The fraction of sp³-hybridized carbons (Fsp3) is 0.562. The number of carbonyl (C=O) groups excluding carboxylic acids is 1. The van der Waals surface area contributed by atoms with Crippen LogP contribution in [-0.4, -0.2) is 45.0 Å². The predicted octanol–water partition coefficient (Wildman–Crippen LogP) is 2.11. The van der Waals surface area contributed by atoms with E-state index in [1.165, 1.54) is 25.3 Å². The number of nitrogens with two attached hydrogens (primary N) is 1. The number of ether oxygens (including phenoxy) is 3. The summed E-state index contributed by atoms with van der Waals surface area (Å²) in [6.45, 7) is 1.34. The number of carbonyl (C=O) groups is 1. The molecule has 136 valence electrons. The summed E-state index contributed by atoms with van der Waals surface area (Å²) in [6, 6.07) is 4.02. The molecular weight excluding hydrogens is 339 g/mol. The molecule has 1 saturated heterocycles. The Morgan fingerprint density at radius 1 is 1.54 bits per heavy atom. The molecule has 1 aromatic carbocycles. The van der Waals surface area contributed by atoms with Gasteiger partial charge in [0.1, 0.15) is 18.2 Å². The number of hydrogen-bond donors (Lipinski definition) is 2. The number of anilines is 1. The second-order valence-corrected chi connectivity index (χ2v) is 5.43. The number of amides is 1. The number of hydrogen-bond acceptors (Lipinski definition) is 5. The molecule has 0 aromatic heterocycles. The third-order valence-corrected chi connectivity index (χ3v) is 3.67. The topological polar surface area (TPSA) is 82.8 Å². The average molecular weight is 363 g/mol. The van der Waals surface area contributed by atoms with Crippen molar-refractivity contribution >= 4 is 24.0 Å². The number of rotatable bonds is 8. The van der Waals surface area contributed by atoms with Crippen LogP contribution in [0.25, 0.3) is 0 Å². The van der Waals surface area contributed by atoms with Gasteiger partial charge in [-0.2, -0.15) is 0 Å². The van der Waals surface area contributed by atoms with E-state index in [9.17, 15) is 9.18 Å². The van der Waals surface area contributed by atoms with Crippen LogP contribution in [0.5, 0.6) is 5.75 Å². The Morgan fingerprint density at radius 2 is 2.33 bits per heavy atom. The van der Waals surface area contributed by atoms with E-state index < -0.39 is 5.82 Å². The van der Waals surface area contributed by atoms with Crippen molar-refractivity contribution in [3.8, 4) is 5.75 Å². The minimum atomic E-state index is -0.452. The number of methoxy groups -OCH3 is 1. The molecule has 1 heterocycles. The molecule has 1 amide bonds. The number of benzene rings is 1. The van der Waals surface area contributed by atoms with Crippen LogP contribution >= 0.6 is 12.4 Å². The zero-order valence-electron chi connectivity index (χ0n) is 13.6. The van der Waals surface area contributed by atoms with Crippen molar-refractivity contribution in [1.29, 1.82) is 0 Å². The summed E-state index contributed by atoms with van der Waals surface area (Å²) in [5.41, 5.74) is 5.78. The summed E-state index contributed by atoms with van der Waals surface area (Å²) in [5, 5.41) is 2.65. The SMILES string of the molecule is COC(CN)CC(=O)Nc1cc(F)ccc1OCC1CCCO1.Cl. The van der Waals surface area contributed by atoms with Gasteiger partial charge in [0.05, 0.1) is 24.3 Å². The molecule has 3 N–H and O–H groups in total. The van der Waals surface area contributed by atoms with Crippen LogP contribution in [0.4, 0.5) is 10.1 Å². The Hall–Kier alpha value is -1.41. The highest BCUT2D eigenvalue weighted by molar-refractivity contribution is 5.92. The Balaban J connectivity index is 0.00000288. The zero-order valence-corrected chi connectivity index (χ0v) is 14.4. The largest absolute Gasteiger partial charge is 0.489 e. The zero-order chi connectivity index (χ0) is 16.7. The smallest absolute Gasteiger partial charge is 0.227 e. The maximum atomic E-state index is 13.5. The van der Waals surface area contributed by atoms with Crippen molar-refractivity contribution in [2.75, 3.05) is 32.2 Å². The van der Waals surface area contributed by atoms with Crippen LogP contribution in [0.1, 0.15) is 19.3 Å². The predicted molar refractivity (Wildman–Crippen MR) is 91.2 cm³/mol. The third kappa shape index (κ3) is 6.24. The van der Waals surface area contributed by atoms with Crippen LogP contribution in [0, 0.1) is 5.82 Å². The molecule has 0 saturated carbocycles. The van der Waals surface area contributed by atoms with Gasteiger partial charge in [-0.15, -0.1) is 12.4 Å². The van der Waals surface area contributed by atoms with Crippen molar-refractivity contribution in [3.05, 3.63) is 24.0 Å². The molecule has 0 aliphatic carbocycles. The second kappa shape index (κ2) is 10.5. The highest BCUT2D eigenvalue weighted by atomic mass is 35.5. The second-order valence-electron chi connectivity index (χ2n) is 5.43. The van der Waals surface area contributed by atoms with Gasteiger partial charge in [0.2, 0.25) is 5.91 Å². The lowest BCUT2D eigenvalue weighted by atomic mass is 10.2. The third-order valence-electron chi connectivity index (χ3n) is 3.67. The van der Waals surface area contributed by atoms with Gasteiger partial charge in [0.25, 0.3) is 0 Å². The van der Waals surface area contributed by atoms with Gasteiger partial charge < -0.3 is 25.3 Å². The highest BCUT2D eigenvalue weighted by Gasteiger charge is 2.18. The van der Waals surface area contributed by atoms with Crippen molar-refractivity contribution in [3.63, 3.8) is 0 Å². The molecule has 6 nitrogen and oxygen atoms in total. The molecule has 1 aliphatic heterocycles. The summed E-state index contributed by atoms with van der Waals surface area (Å²) in [4.78, 5) is 12.0. The maximum absolute atomic E-state index is 13.5. The van der Waals surface area contributed by atoms with Crippen molar-refractivity contribution in [2.24, 2.45) is 5.73 Å². The number of nitrogens with one attached hydrogen (secondary N) is 1. The van der Waals surface area contributed by atoms with E-state index in [-0.39, 0.29) is 43.5 Å². The molecule has 2 unspecified atom stereocenters. The standard InChI is InChI=1S/C16H23FN2O4.ClH/c1-21-13(9-18)8-16(20)19-14-7-11(17)4-5-15(14)23-10-12-3-2-6-22-12;/h4-5,7,12-13H,2-3,6,8-10,18H2,1H3,(H,19,20);1H. The molecule has 2 rings (SSSR count). The lowest BCUT2D eigenvalue weighted by Gasteiger charge is -2.16. The van der Waals surface area contributed by atoms with Gasteiger partial charge in [0, 0.05) is 26.3 Å². The fourth-order valence-corrected chi connectivity index (χ4v) is 2.36. The van der Waals surface area contributed by atoms with E-state index in [2.05, 4.69) is 5.32 Å². The summed E-state index contributed by atoms with van der Waals surface area (Å²) in [5.74, 6) is -0.348. The molecule has 1 fully saturated rings. The first-order chi connectivity index (χ1) is 11.1. The van der Waals surface area contributed by atoms with Gasteiger partial charge in [-0.05, 0) is 25.0 Å². The Morgan fingerprint density at radius 3 is 2.96 bits per heavy atom. The fourth-order valence-electron chi connectivity index (χ4n) is 2.36. The van der Waals surface area contributed by atoms with Crippen LogP contribution < -0.4 is 15.8 Å². The molecule has 0 radical (unpaired) electrons. The van der Waals surface area contributed by atoms with Gasteiger partial charge in [-0.25, -0.2) is 4.39 Å². The van der Waals surface area contributed by atoms with E-state index >= 15 is 0 Å². The highest BCUT2D eigenvalue weighted by Crippen LogP contribution is 2.26. The van der Waals surface area contributed by atoms with E-state index in [4.69, 9.17) is 19.9 Å². The average Bonchev–Trinajstić information content (AvgIpc) is 3.05. The first kappa shape index (κ1) is 20.6. The molecule has 0 spiro atoms. The van der Waals surface area contributed by atoms with Crippen LogP contribution in [0.2, 0.25) is 0 Å². The molecule has 24 heavy (non-hydrogen) atoms. The van der Waals surface area contributed by atoms with Crippen molar-refractivity contribution < 1.29 is 23.4 Å². The minimum absolute atomic E-state index is 0. The van der Waals surface area contributed by atoms with E-state index in [1.54, 1.807) is 0 Å². The molecule has 8 heteroatoms. The minimum Gasteiger partial charge on any atom is -0.489 e. The lowest BCUT2D eigenvalue weighted by molar-refractivity contribution is -0.118. The monoisotopic (exact) mass is 362 g/mol. The van der Waals surface area contributed by atoms with E-state index in [0.29, 0.717) is 18.0 Å². The molecule has 1 aromatic rings. The lowest BCUT2D eigenvalue weighted by Crippen LogP contribution is -2.28. The van der Waals surface area contributed by atoms with Crippen molar-refractivity contribution in [1.82, 2.24) is 0 Å². The van der Waals surface area contributed by atoms with Crippen LogP contribution in [-0.2, 0) is 14.3 Å². The Kier molecular flexibility index (Phi) is 8.99. The maximum Gasteiger partial charge on any atom is 0.227 e. The van der Waals surface area contributed by atoms with Gasteiger partial charge in [-0.3, -0.25) is 4.79 Å².